The molecule has 0 aliphatic carbocycles. The van der Waals surface area contributed by atoms with Crippen molar-refractivity contribution in [1.82, 2.24) is 15.3 Å². The summed E-state index contributed by atoms with van der Waals surface area (Å²) in [4.78, 5) is 43.3. The fourth-order valence-electron chi connectivity index (χ4n) is 2.84. The molecule has 150 valence electrons. The van der Waals surface area contributed by atoms with Gasteiger partial charge in [0.15, 0.2) is 6.61 Å². The van der Waals surface area contributed by atoms with E-state index in [1.54, 1.807) is 6.20 Å². The van der Waals surface area contributed by atoms with Gasteiger partial charge in [-0.3, -0.25) is 4.79 Å². The summed E-state index contributed by atoms with van der Waals surface area (Å²) >= 11 is 5.83. The summed E-state index contributed by atoms with van der Waals surface area (Å²) in [5.74, 6) is -2.04. The van der Waals surface area contributed by atoms with Gasteiger partial charge in [-0.2, -0.15) is 0 Å². The Kier molecular flexibility index (Phi) is 6.46. The SMILES string of the molecule is COC(=O)[C@@H](Cc1c[nH]c2ccccc12)NC(=O)COC(=O)c1cccnc1Cl. The number of methoxy groups -OCH3 is 1. The summed E-state index contributed by atoms with van der Waals surface area (Å²) in [6.07, 6.45) is 3.42. The molecule has 2 N–H and O–H groups in total. The molecule has 2 heterocycles. The molecule has 1 aromatic carbocycles. The van der Waals surface area contributed by atoms with Gasteiger partial charge in [-0.05, 0) is 23.8 Å². The number of para-hydroxylation sites is 1. The van der Waals surface area contributed by atoms with Crippen molar-refractivity contribution in [3.8, 4) is 0 Å². The molecule has 0 bridgehead atoms. The van der Waals surface area contributed by atoms with E-state index < -0.39 is 30.5 Å². The number of fused-ring (bicyclic) bond motifs is 1. The normalized spacial score (nSPS) is 11.7. The van der Waals surface area contributed by atoms with Crippen LogP contribution in [0.1, 0.15) is 15.9 Å². The minimum Gasteiger partial charge on any atom is -0.467 e. The molecule has 0 spiro atoms. The van der Waals surface area contributed by atoms with E-state index in [0.29, 0.717) is 0 Å². The smallest absolute Gasteiger partial charge is 0.341 e. The number of carbonyl (C=O) groups is 3. The zero-order chi connectivity index (χ0) is 20.8. The van der Waals surface area contributed by atoms with Gasteiger partial charge in [-0.25, -0.2) is 14.6 Å². The lowest BCUT2D eigenvalue weighted by Crippen LogP contribution is -2.44. The number of amides is 1. The zero-order valence-electron chi connectivity index (χ0n) is 15.5. The van der Waals surface area contributed by atoms with Crippen molar-refractivity contribution >= 4 is 40.3 Å². The summed E-state index contributed by atoms with van der Waals surface area (Å²) < 4.78 is 9.74. The molecular weight excluding hydrogens is 398 g/mol. The molecule has 2 aromatic heterocycles. The van der Waals surface area contributed by atoms with E-state index in [2.05, 4.69) is 15.3 Å². The lowest BCUT2D eigenvalue weighted by molar-refractivity contribution is -0.145. The topological polar surface area (TPSA) is 110 Å². The summed E-state index contributed by atoms with van der Waals surface area (Å²) in [6.45, 7) is -0.578. The summed E-state index contributed by atoms with van der Waals surface area (Å²) in [6, 6.07) is 9.62. The van der Waals surface area contributed by atoms with Gasteiger partial charge in [-0.15, -0.1) is 0 Å². The van der Waals surface area contributed by atoms with E-state index in [1.165, 1.54) is 25.4 Å². The van der Waals surface area contributed by atoms with Gasteiger partial charge in [0.05, 0.1) is 12.7 Å². The maximum absolute atomic E-state index is 12.2. The summed E-state index contributed by atoms with van der Waals surface area (Å²) in [5.41, 5.74) is 1.81. The number of nitrogens with one attached hydrogen (secondary N) is 2. The highest BCUT2D eigenvalue weighted by Crippen LogP contribution is 2.19. The number of ether oxygens (including phenoxy) is 2. The first-order valence-electron chi connectivity index (χ1n) is 8.69. The fraction of sp³-hybridized carbons (Fsp3) is 0.200. The minimum absolute atomic E-state index is 0.0234. The van der Waals surface area contributed by atoms with Crippen molar-refractivity contribution in [1.29, 1.82) is 0 Å². The first kappa shape index (κ1) is 20.3. The van der Waals surface area contributed by atoms with Crippen LogP contribution in [0, 0.1) is 0 Å². The van der Waals surface area contributed by atoms with Gasteiger partial charge < -0.3 is 19.8 Å². The maximum atomic E-state index is 12.2. The molecule has 0 saturated carbocycles. The van der Waals surface area contributed by atoms with Crippen LogP contribution in [0.4, 0.5) is 0 Å². The van der Waals surface area contributed by atoms with Crippen LogP contribution in [0.3, 0.4) is 0 Å². The Morgan fingerprint density at radius 2 is 2.00 bits per heavy atom. The third-order valence-electron chi connectivity index (χ3n) is 4.23. The molecule has 29 heavy (non-hydrogen) atoms. The maximum Gasteiger partial charge on any atom is 0.341 e. The number of halogens is 1. The average molecular weight is 416 g/mol. The fourth-order valence-corrected chi connectivity index (χ4v) is 3.04. The molecule has 0 saturated heterocycles. The zero-order valence-corrected chi connectivity index (χ0v) is 16.2. The summed E-state index contributed by atoms with van der Waals surface area (Å²) in [5, 5.41) is 3.45. The standard InChI is InChI=1S/C20H18ClN3O5/c1-28-20(27)16(9-12-10-23-15-7-3-2-5-13(12)15)24-17(25)11-29-19(26)14-6-4-8-22-18(14)21/h2-8,10,16,23H,9,11H2,1H3,(H,24,25)/t16-/m1/s1. The van der Waals surface area contributed by atoms with Crippen LogP contribution in [0.5, 0.6) is 0 Å². The number of hydrogen-bond donors (Lipinski definition) is 2. The number of esters is 2. The Morgan fingerprint density at radius 3 is 2.76 bits per heavy atom. The quantitative estimate of drug-likeness (QED) is 0.452. The monoisotopic (exact) mass is 415 g/mol. The van der Waals surface area contributed by atoms with Gasteiger partial charge in [0, 0.05) is 29.7 Å². The molecule has 8 nitrogen and oxygen atoms in total. The van der Waals surface area contributed by atoms with E-state index in [9.17, 15) is 14.4 Å². The number of aromatic nitrogens is 2. The van der Waals surface area contributed by atoms with Gasteiger partial charge in [0.25, 0.3) is 5.91 Å². The van der Waals surface area contributed by atoms with E-state index in [4.69, 9.17) is 21.1 Å². The second-order valence-electron chi connectivity index (χ2n) is 6.12. The third kappa shape index (κ3) is 4.91. The van der Waals surface area contributed by atoms with Gasteiger partial charge in [-0.1, -0.05) is 29.8 Å². The molecule has 0 aliphatic rings. The van der Waals surface area contributed by atoms with Crippen LogP contribution in [-0.2, 0) is 25.5 Å². The Labute approximate surface area is 171 Å². The molecule has 3 rings (SSSR count). The van der Waals surface area contributed by atoms with Crippen molar-refractivity contribution in [2.75, 3.05) is 13.7 Å². The molecule has 3 aromatic rings. The molecule has 1 atom stereocenters. The van der Waals surface area contributed by atoms with Crippen LogP contribution in [0.2, 0.25) is 5.15 Å². The molecule has 0 radical (unpaired) electrons. The van der Waals surface area contributed by atoms with Crippen LogP contribution >= 0.6 is 11.6 Å². The first-order valence-corrected chi connectivity index (χ1v) is 9.07. The van der Waals surface area contributed by atoms with Crippen molar-refractivity contribution in [2.45, 2.75) is 12.5 Å². The van der Waals surface area contributed by atoms with Crippen LogP contribution in [0.15, 0.2) is 48.8 Å². The second-order valence-corrected chi connectivity index (χ2v) is 6.48. The summed E-state index contributed by atoms with van der Waals surface area (Å²) in [7, 11) is 1.24. The molecule has 9 heteroatoms. The Hall–Kier alpha value is -3.39. The largest absolute Gasteiger partial charge is 0.467 e. The third-order valence-corrected chi connectivity index (χ3v) is 4.53. The number of rotatable bonds is 7. The highest BCUT2D eigenvalue weighted by atomic mass is 35.5. The number of hydrogen-bond acceptors (Lipinski definition) is 6. The number of H-pyrrole nitrogens is 1. The van der Waals surface area contributed by atoms with Gasteiger partial charge >= 0.3 is 11.9 Å². The molecule has 1 amide bonds. The van der Waals surface area contributed by atoms with Crippen LogP contribution < -0.4 is 5.32 Å². The first-order chi connectivity index (χ1) is 14.0. The van der Waals surface area contributed by atoms with Crippen LogP contribution in [0.25, 0.3) is 10.9 Å². The Balaban J connectivity index is 1.64. The molecule has 0 fully saturated rings. The van der Waals surface area contributed by atoms with Gasteiger partial charge in [0.1, 0.15) is 11.2 Å². The lowest BCUT2D eigenvalue weighted by atomic mass is 10.0. The van der Waals surface area contributed by atoms with Crippen molar-refractivity contribution in [2.24, 2.45) is 0 Å². The van der Waals surface area contributed by atoms with E-state index in [1.807, 2.05) is 24.3 Å². The molecule has 0 unspecified atom stereocenters. The number of nitrogens with zero attached hydrogens (tertiary/aromatic N) is 1. The number of carbonyl (C=O) groups excluding carboxylic acids is 3. The average Bonchev–Trinajstić information content (AvgIpc) is 3.14. The highest BCUT2D eigenvalue weighted by molar-refractivity contribution is 6.32. The number of benzene rings is 1. The number of pyridine rings is 1. The Morgan fingerprint density at radius 1 is 1.21 bits per heavy atom. The molecular formula is C20H18ClN3O5. The van der Waals surface area contributed by atoms with E-state index in [-0.39, 0.29) is 17.1 Å². The van der Waals surface area contributed by atoms with E-state index in [0.717, 1.165) is 16.5 Å². The molecule has 0 aliphatic heterocycles. The second kappa shape index (κ2) is 9.20. The van der Waals surface area contributed by atoms with E-state index >= 15 is 0 Å². The van der Waals surface area contributed by atoms with Crippen LogP contribution in [-0.4, -0.2) is 47.6 Å². The van der Waals surface area contributed by atoms with Crippen molar-refractivity contribution in [3.63, 3.8) is 0 Å². The predicted octanol–water partition coefficient (Wildman–Crippen LogP) is 2.27. The van der Waals surface area contributed by atoms with Crippen molar-refractivity contribution < 1.29 is 23.9 Å². The lowest BCUT2D eigenvalue weighted by Gasteiger charge is -2.16. The number of aromatic amines is 1. The van der Waals surface area contributed by atoms with Crippen molar-refractivity contribution in [3.05, 3.63) is 65.1 Å². The highest BCUT2D eigenvalue weighted by Gasteiger charge is 2.24. The Bertz CT molecular complexity index is 1050. The minimum atomic E-state index is -0.938. The van der Waals surface area contributed by atoms with Gasteiger partial charge in [0.2, 0.25) is 0 Å². The predicted molar refractivity (Wildman–Crippen MR) is 105 cm³/mol.